The molecule has 1 atom stereocenters. The molecule has 0 spiro atoms. The van der Waals surface area contributed by atoms with E-state index in [9.17, 15) is 4.79 Å². The van der Waals surface area contributed by atoms with Crippen molar-refractivity contribution in [1.29, 1.82) is 0 Å². The van der Waals surface area contributed by atoms with Gasteiger partial charge in [0.05, 0.1) is 20.8 Å². The standard InChI is InChI=1S/C16H20N2O5/c1-10(9-20-2)17-16(19)12-8-14(23-18-12)11-5-6-13(21-3)15(7-11)22-4/h5-8,10H,9H2,1-4H3,(H,17,19)/t10-/m0/s1. The molecule has 0 bridgehead atoms. The maximum absolute atomic E-state index is 12.1. The molecule has 0 saturated carbocycles. The van der Waals surface area contributed by atoms with Crippen molar-refractivity contribution >= 4 is 5.91 Å². The maximum Gasteiger partial charge on any atom is 0.273 e. The second kappa shape index (κ2) is 7.64. The van der Waals surface area contributed by atoms with E-state index in [0.29, 0.717) is 23.9 Å². The highest BCUT2D eigenvalue weighted by atomic mass is 16.5. The van der Waals surface area contributed by atoms with E-state index in [-0.39, 0.29) is 17.6 Å². The zero-order chi connectivity index (χ0) is 16.8. The molecule has 7 heteroatoms. The van der Waals surface area contributed by atoms with Crippen LogP contribution in [0.4, 0.5) is 0 Å². The second-order valence-electron chi connectivity index (χ2n) is 4.98. The summed E-state index contributed by atoms with van der Waals surface area (Å²) >= 11 is 0. The number of carbonyl (C=O) groups excluding carboxylic acids is 1. The molecule has 1 N–H and O–H groups in total. The summed E-state index contributed by atoms with van der Waals surface area (Å²) in [6.07, 6.45) is 0. The summed E-state index contributed by atoms with van der Waals surface area (Å²) in [5.41, 5.74) is 0.942. The lowest BCUT2D eigenvalue weighted by molar-refractivity contribution is 0.0896. The SMILES string of the molecule is COC[C@H](C)NC(=O)c1cc(-c2ccc(OC)c(OC)c2)on1. The van der Waals surface area contributed by atoms with Gasteiger partial charge in [0.2, 0.25) is 0 Å². The number of rotatable bonds is 7. The van der Waals surface area contributed by atoms with Crippen molar-refractivity contribution < 1.29 is 23.5 Å². The number of hydrogen-bond acceptors (Lipinski definition) is 6. The molecule has 23 heavy (non-hydrogen) atoms. The van der Waals surface area contributed by atoms with Gasteiger partial charge in [-0.05, 0) is 25.1 Å². The Morgan fingerprint density at radius 3 is 2.61 bits per heavy atom. The predicted octanol–water partition coefficient (Wildman–Crippen LogP) is 2.12. The van der Waals surface area contributed by atoms with E-state index in [4.69, 9.17) is 18.7 Å². The molecule has 0 aliphatic carbocycles. The third kappa shape index (κ3) is 4.01. The van der Waals surface area contributed by atoms with Crippen LogP contribution in [0.5, 0.6) is 11.5 Å². The summed E-state index contributed by atoms with van der Waals surface area (Å²) in [5, 5.41) is 6.58. The minimum Gasteiger partial charge on any atom is -0.493 e. The van der Waals surface area contributed by atoms with Crippen molar-refractivity contribution in [1.82, 2.24) is 10.5 Å². The number of carbonyl (C=O) groups is 1. The van der Waals surface area contributed by atoms with E-state index < -0.39 is 0 Å². The van der Waals surface area contributed by atoms with Crippen molar-refractivity contribution in [3.63, 3.8) is 0 Å². The van der Waals surface area contributed by atoms with Gasteiger partial charge in [-0.15, -0.1) is 0 Å². The molecule has 1 amide bonds. The van der Waals surface area contributed by atoms with Crippen molar-refractivity contribution in [2.75, 3.05) is 27.9 Å². The van der Waals surface area contributed by atoms with Crippen molar-refractivity contribution in [3.8, 4) is 22.8 Å². The van der Waals surface area contributed by atoms with Crippen LogP contribution >= 0.6 is 0 Å². The first-order valence-electron chi connectivity index (χ1n) is 7.08. The molecule has 1 aromatic carbocycles. The van der Waals surface area contributed by atoms with Gasteiger partial charge in [-0.1, -0.05) is 5.16 Å². The summed E-state index contributed by atoms with van der Waals surface area (Å²) < 4.78 is 20.7. The molecule has 1 heterocycles. The van der Waals surface area contributed by atoms with Crippen LogP contribution in [0, 0.1) is 0 Å². The average Bonchev–Trinajstić information content (AvgIpc) is 3.04. The fraction of sp³-hybridized carbons (Fsp3) is 0.375. The van der Waals surface area contributed by atoms with Crippen LogP contribution in [-0.2, 0) is 4.74 Å². The van der Waals surface area contributed by atoms with Gasteiger partial charge in [-0.25, -0.2) is 0 Å². The Bertz CT molecular complexity index is 668. The number of amides is 1. The third-order valence-electron chi connectivity index (χ3n) is 3.21. The number of ether oxygens (including phenoxy) is 3. The highest BCUT2D eigenvalue weighted by molar-refractivity contribution is 5.93. The van der Waals surface area contributed by atoms with E-state index in [1.54, 1.807) is 45.6 Å². The lowest BCUT2D eigenvalue weighted by Crippen LogP contribution is -2.35. The minimum absolute atomic E-state index is 0.117. The van der Waals surface area contributed by atoms with Gasteiger partial charge in [0.15, 0.2) is 23.0 Å². The number of nitrogens with one attached hydrogen (secondary N) is 1. The molecule has 0 unspecified atom stereocenters. The molecule has 7 nitrogen and oxygen atoms in total. The van der Waals surface area contributed by atoms with Crippen LogP contribution < -0.4 is 14.8 Å². The van der Waals surface area contributed by atoms with Gasteiger partial charge in [0, 0.05) is 24.8 Å². The topological polar surface area (TPSA) is 82.8 Å². The third-order valence-corrected chi connectivity index (χ3v) is 3.21. The summed E-state index contributed by atoms with van der Waals surface area (Å²) in [5.74, 6) is 1.34. The lowest BCUT2D eigenvalue weighted by atomic mass is 10.1. The van der Waals surface area contributed by atoms with E-state index >= 15 is 0 Å². The Morgan fingerprint density at radius 2 is 1.96 bits per heavy atom. The lowest BCUT2D eigenvalue weighted by Gasteiger charge is -2.10. The first-order chi connectivity index (χ1) is 11.1. The van der Waals surface area contributed by atoms with Gasteiger partial charge in [-0.2, -0.15) is 0 Å². The van der Waals surface area contributed by atoms with Crippen LogP contribution in [0.1, 0.15) is 17.4 Å². The molecule has 124 valence electrons. The van der Waals surface area contributed by atoms with Crippen LogP contribution in [0.25, 0.3) is 11.3 Å². The fourth-order valence-corrected chi connectivity index (χ4v) is 2.10. The van der Waals surface area contributed by atoms with Crippen LogP contribution in [0.2, 0.25) is 0 Å². The Labute approximate surface area is 134 Å². The normalized spacial score (nSPS) is 11.8. The van der Waals surface area contributed by atoms with Crippen molar-refractivity contribution in [2.24, 2.45) is 0 Å². The van der Waals surface area contributed by atoms with Gasteiger partial charge < -0.3 is 24.1 Å². The smallest absolute Gasteiger partial charge is 0.273 e. The molecular formula is C16H20N2O5. The molecule has 0 aliphatic heterocycles. The molecule has 0 saturated heterocycles. The Hall–Kier alpha value is -2.54. The predicted molar refractivity (Wildman–Crippen MR) is 83.8 cm³/mol. The zero-order valence-corrected chi connectivity index (χ0v) is 13.6. The minimum atomic E-state index is -0.315. The van der Waals surface area contributed by atoms with Crippen molar-refractivity contribution in [3.05, 3.63) is 30.0 Å². The van der Waals surface area contributed by atoms with Crippen LogP contribution in [-0.4, -0.2) is 45.0 Å². The highest BCUT2D eigenvalue weighted by Crippen LogP contribution is 2.32. The quantitative estimate of drug-likeness (QED) is 0.841. The highest BCUT2D eigenvalue weighted by Gasteiger charge is 2.16. The molecule has 0 radical (unpaired) electrons. The molecular weight excluding hydrogens is 300 g/mol. The Balaban J connectivity index is 2.17. The molecule has 2 aromatic rings. The number of nitrogens with zero attached hydrogens (tertiary/aromatic N) is 1. The number of aromatic nitrogens is 1. The Morgan fingerprint density at radius 1 is 1.22 bits per heavy atom. The average molecular weight is 320 g/mol. The second-order valence-corrected chi connectivity index (χ2v) is 4.98. The number of benzene rings is 1. The van der Waals surface area contributed by atoms with E-state index in [1.165, 1.54) is 0 Å². The number of hydrogen-bond donors (Lipinski definition) is 1. The molecule has 0 fully saturated rings. The zero-order valence-electron chi connectivity index (χ0n) is 13.6. The van der Waals surface area contributed by atoms with Gasteiger partial charge in [-0.3, -0.25) is 4.79 Å². The van der Waals surface area contributed by atoms with Gasteiger partial charge in [0.25, 0.3) is 5.91 Å². The van der Waals surface area contributed by atoms with Crippen LogP contribution in [0.15, 0.2) is 28.8 Å². The summed E-state index contributed by atoms with van der Waals surface area (Å²) in [4.78, 5) is 12.1. The summed E-state index contributed by atoms with van der Waals surface area (Å²) in [6.45, 7) is 2.27. The molecule has 2 rings (SSSR count). The van der Waals surface area contributed by atoms with Crippen LogP contribution in [0.3, 0.4) is 0 Å². The van der Waals surface area contributed by atoms with Gasteiger partial charge in [0.1, 0.15) is 0 Å². The monoisotopic (exact) mass is 320 g/mol. The van der Waals surface area contributed by atoms with Crippen molar-refractivity contribution in [2.45, 2.75) is 13.0 Å². The summed E-state index contributed by atoms with van der Waals surface area (Å²) in [6, 6.07) is 6.78. The Kier molecular flexibility index (Phi) is 5.59. The van der Waals surface area contributed by atoms with E-state index in [0.717, 1.165) is 5.56 Å². The number of methoxy groups -OCH3 is 3. The fourth-order valence-electron chi connectivity index (χ4n) is 2.10. The first-order valence-corrected chi connectivity index (χ1v) is 7.08. The summed E-state index contributed by atoms with van der Waals surface area (Å²) in [7, 11) is 4.70. The van der Waals surface area contributed by atoms with E-state index in [1.807, 2.05) is 6.92 Å². The van der Waals surface area contributed by atoms with E-state index in [2.05, 4.69) is 10.5 Å². The van der Waals surface area contributed by atoms with Gasteiger partial charge >= 0.3 is 0 Å². The molecule has 0 aliphatic rings. The molecule has 1 aromatic heterocycles. The largest absolute Gasteiger partial charge is 0.493 e. The maximum atomic E-state index is 12.1. The first kappa shape index (κ1) is 16.8.